The summed E-state index contributed by atoms with van der Waals surface area (Å²) in [6.45, 7) is -0.181. The second kappa shape index (κ2) is 11.0. The van der Waals surface area contributed by atoms with E-state index >= 15 is 0 Å². The van der Waals surface area contributed by atoms with Gasteiger partial charge < -0.3 is 28.3 Å². The molecule has 0 unspecified atom stereocenters. The van der Waals surface area contributed by atoms with Gasteiger partial charge in [0.05, 0.1) is 11.4 Å². The summed E-state index contributed by atoms with van der Waals surface area (Å²) in [6, 6.07) is 63.6. The fourth-order valence-electron chi connectivity index (χ4n) is 11.8. The first kappa shape index (κ1) is 31.8. The Hall–Kier alpha value is -8.09. The van der Waals surface area contributed by atoms with Crippen LogP contribution in [0.25, 0.3) is 43.9 Å². The molecule has 6 nitrogen and oxygen atoms in total. The maximum atomic E-state index is 7.03. The lowest BCUT2D eigenvalue weighted by atomic mass is 9.28. The second-order valence-corrected chi connectivity index (χ2v) is 17.1. The maximum absolute atomic E-state index is 7.03. The zero-order valence-electron chi connectivity index (χ0n) is 33.0. The van der Waals surface area contributed by atoms with Crippen molar-refractivity contribution in [2.24, 2.45) is 0 Å². The van der Waals surface area contributed by atoms with Gasteiger partial charge in [-0.25, -0.2) is 0 Å². The molecule has 0 bridgehead atoms. The second-order valence-electron chi connectivity index (χ2n) is 17.1. The molecule has 2 aromatic heterocycles. The number of hydrogen-bond donors (Lipinski definition) is 0. The number of rotatable bonds is 2. The number of anilines is 9. The first-order valence-corrected chi connectivity index (χ1v) is 21.3. The maximum Gasteiger partial charge on any atom is 0.252 e. The Morgan fingerprint density at radius 2 is 0.790 bits per heavy atom. The number of benzene rings is 9. The van der Waals surface area contributed by atoms with Gasteiger partial charge >= 0.3 is 0 Å². The molecular formula is C54H29B2N3O3. The summed E-state index contributed by atoms with van der Waals surface area (Å²) in [5, 5.41) is 4.49. The van der Waals surface area contributed by atoms with Crippen molar-refractivity contribution in [2.45, 2.75) is 0 Å². The third-order valence-corrected chi connectivity index (χ3v) is 14.2. The molecule has 16 rings (SSSR count). The van der Waals surface area contributed by atoms with E-state index in [0.717, 1.165) is 101 Å². The van der Waals surface area contributed by atoms with Crippen LogP contribution in [0.5, 0.6) is 11.5 Å². The summed E-state index contributed by atoms with van der Waals surface area (Å²) in [7, 11) is 0. The van der Waals surface area contributed by atoms with Gasteiger partial charge in [0.1, 0.15) is 22.3 Å². The number of para-hydroxylation sites is 6. The highest BCUT2D eigenvalue weighted by Crippen LogP contribution is 2.56. The van der Waals surface area contributed by atoms with E-state index in [2.05, 4.69) is 191 Å². The van der Waals surface area contributed by atoms with Gasteiger partial charge in [-0.1, -0.05) is 109 Å². The molecule has 11 aromatic rings. The number of nitrogens with zero attached hydrogens (tertiary/aromatic N) is 3. The molecule has 9 aromatic carbocycles. The van der Waals surface area contributed by atoms with E-state index in [-0.39, 0.29) is 13.4 Å². The first-order chi connectivity index (χ1) is 30.8. The molecule has 62 heavy (non-hydrogen) atoms. The molecule has 0 radical (unpaired) electrons. The average molecular weight is 789 g/mol. The lowest BCUT2D eigenvalue weighted by Crippen LogP contribution is -2.69. The fraction of sp³-hybridized carbons (Fsp3) is 0. The van der Waals surface area contributed by atoms with Crippen LogP contribution < -0.4 is 52.2 Å². The monoisotopic (exact) mass is 789 g/mol. The minimum Gasteiger partial charge on any atom is -0.456 e. The largest absolute Gasteiger partial charge is 0.456 e. The molecule has 5 aliphatic heterocycles. The number of hydrogen-bond acceptors (Lipinski definition) is 6. The van der Waals surface area contributed by atoms with Crippen molar-refractivity contribution in [3.05, 3.63) is 176 Å². The zero-order valence-corrected chi connectivity index (χ0v) is 33.0. The Kier molecular flexibility index (Phi) is 5.63. The van der Waals surface area contributed by atoms with Crippen LogP contribution in [0.4, 0.5) is 51.2 Å². The molecular weight excluding hydrogens is 760 g/mol. The Morgan fingerprint density at radius 1 is 0.323 bits per heavy atom. The van der Waals surface area contributed by atoms with Crippen molar-refractivity contribution >= 4 is 141 Å². The van der Waals surface area contributed by atoms with Gasteiger partial charge in [0.25, 0.3) is 13.4 Å². The predicted molar refractivity (Wildman–Crippen MR) is 254 cm³/mol. The van der Waals surface area contributed by atoms with Crippen LogP contribution in [0.15, 0.2) is 185 Å². The van der Waals surface area contributed by atoms with Crippen molar-refractivity contribution in [3.8, 4) is 11.5 Å². The molecule has 0 saturated carbocycles. The van der Waals surface area contributed by atoms with E-state index in [0.29, 0.717) is 0 Å². The summed E-state index contributed by atoms with van der Waals surface area (Å²) >= 11 is 0. The highest BCUT2D eigenvalue weighted by atomic mass is 16.5. The Balaban J connectivity index is 1.11. The highest BCUT2D eigenvalue weighted by molar-refractivity contribution is 7.05. The number of fused-ring (bicyclic) bond motifs is 12. The minimum atomic E-state index is -0.0903. The van der Waals surface area contributed by atoms with E-state index in [9.17, 15) is 0 Å². The molecule has 5 aliphatic rings. The van der Waals surface area contributed by atoms with Gasteiger partial charge in [0.15, 0.2) is 11.5 Å². The Bertz CT molecular complexity index is 3600. The molecule has 0 spiro atoms. The minimum absolute atomic E-state index is 0.0903. The topological polar surface area (TPSA) is 45.2 Å². The lowest BCUT2D eigenvalue weighted by molar-refractivity contribution is 0.478. The molecule has 0 fully saturated rings. The van der Waals surface area contributed by atoms with Gasteiger partial charge in [-0.15, -0.1) is 0 Å². The number of ether oxygens (including phenoxy) is 1. The van der Waals surface area contributed by atoms with E-state index in [1.54, 1.807) is 0 Å². The Labute approximate surface area is 355 Å². The van der Waals surface area contributed by atoms with Crippen LogP contribution in [0, 0.1) is 0 Å². The van der Waals surface area contributed by atoms with Crippen LogP contribution in [0.1, 0.15) is 0 Å². The van der Waals surface area contributed by atoms with E-state index in [1.807, 2.05) is 0 Å². The van der Waals surface area contributed by atoms with Crippen LogP contribution in [-0.4, -0.2) is 13.4 Å². The normalized spacial score (nSPS) is 14.4. The molecule has 0 saturated heterocycles. The fourth-order valence-corrected chi connectivity index (χ4v) is 11.8. The summed E-state index contributed by atoms with van der Waals surface area (Å²) in [5.74, 6) is 1.75. The van der Waals surface area contributed by atoms with E-state index in [1.165, 1.54) is 38.5 Å². The zero-order chi connectivity index (χ0) is 39.9. The molecule has 0 aliphatic carbocycles. The van der Waals surface area contributed by atoms with Crippen molar-refractivity contribution in [3.63, 3.8) is 0 Å². The summed E-state index contributed by atoms with van der Waals surface area (Å²) in [4.78, 5) is 7.54. The van der Waals surface area contributed by atoms with Crippen molar-refractivity contribution in [1.82, 2.24) is 0 Å². The third kappa shape index (κ3) is 3.73. The van der Waals surface area contributed by atoms with Crippen molar-refractivity contribution in [1.29, 1.82) is 0 Å². The standard InChI is InChI=1S/C54H29B2N3O3/c1-3-13-30(14-4-1)57-40-28-48-34(32-17-7-9-21-44(32)60-48)25-38(40)55-36-19-11-23-46-52(36)59-53-37(20-12-24-47(53)62-46)56-39-26-35-33-18-8-10-22-45(33)61-49(35)29-41(39)58(31-15-5-2-6-16-31)43-27-42(57)50(55)54(59)51(43)56/h1-29H. The van der Waals surface area contributed by atoms with Gasteiger partial charge in [-0.3, -0.25) is 0 Å². The quantitative estimate of drug-likeness (QED) is 0.163. The summed E-state index contributed by atoms with van der Waals surface area (Å²) in [5.41, 5.74) is 21.3. The van der Waals surface area contributed by atoms with E-state index < -0.39 is 0 Å². The highest BCUT2D eigenvalue weighted by Gasteiger charge is 2.54. The van der Waals surface area contributed by atoms with Gasteiger partial charge in [0.2, 0.25) is 0 Å². The molecule has 0 N–H and O–H groups in total. The lowest BCUT2D eigenvalue weighted by Gasteiger charge is -2.52. The SMILES string of the molecule is c1ccc(N2c3cc4oc5ccccc5c4cc3B3c4cccc5c4N4c6c(cccc6B6c7cc8c(cc7N(c7ccccc7)c7cc2c3c4c76)oc2ccccc28)O5)cc1. The molecule has 8 heteroatoms. The summed E-state index contributed by atoms with van der Waals surface area (Å²) in [6.07, 6.45) is 0. The summed E-state index contributed by atoms with van der Waals surface area (Å²) < 4.78 is 20.4. The Morgan fingerprint density at radius 3 is 1.29 bits per heavy atom. The van der Waals surface area contributed by atoms with Gasteiger partial charge in [-0.05, 0) is 87.4 Å². The average Bonchev–Trinajstić information content (AvgIpc) is 3.87. The van der Waals surface area contributed by atoms with Gasteiger partial charge in [0, 0.05) is 73.5 Å². The van der Waals surface area contributed by atoms with Gasteiger partial charge in [-0.2, -0.15) is 0 Å². The van der Waals surface area contributed by atoms with Crippen molar-refractivity contribution in [2.75, 3.05) is 14.7 Å². The van der Waals surface area contributed by atoms with Crippen molar-refractivity contribution < 1.29 is 13.6 Å². The van der Waals surface area contributed by atoms with Crippen LogP contribution in [-0.2, 0) is 0 Å². The van der Waals surface area contributed by atoms with Crippen LogP contribution in [0.2, 0.25) is 0 Å². The molecule has 0 atom stereocenters. The molecule has 284 valence electrons. The number of furan rings is 2. The van der Waals surface area contributed by atoms with Crippen LogP contribution in [0.3, 0.4) is 0 Å². The third-order valence-electron chi connectivity index (χ3n) is 14.2. The molecule has 7 heterocycles. The smallest absolute Gasteiger partial charge is 0.252 e. The predicted octanol–water partition coefficient (Wildman–Crippen LogP) is 10.3. The van der Waals surface area contributed by atoms with E-state index in [4.69, 9.17) is 13.6 Å². The van der Waals surface area contributed by atoms with Crippen LogP contribution >= 0.6 is 0 Å². The first-order valence-electron chi connectivity index (χ1n) is 21.3. The molecule has 0 amide bonds.